The predicted molar refractivity (Wildman–Crippen MR) is 139 cm³/mol. The Hall–Kier alpha value is -2.00. The van der Waals surface area contributed by atoms with E-state index in [1.54, 1.807) is 21.3 Å². The molecule has 10 heteroatoms. The molecule has 190 valence electrons. The number of anilines is 1. The minimum atomic E-state index is 0. The second-order valence-corrected chi connectivity index (χ2v) is 8.42. The zero-order valence-electron chi connectivity index (χ0n) is 20.6. The van der Waals surface area contributed by atoms with Crippen molar-refractivity contribution in [3.8, 4) is 17.2 Å². The third-order valence-corrected chi connectivity index (χ3v) is 6.37. The smallest absolute Gasteiger partial charge is 0.225 e. The summed E-state index contributed by atoms with van der Waals surface area (Å²) in [4.78, 5) is 16.9. The van der Waals surface area contributed by atoms with E-state index in [1.165, 1.54) is 24.2 Å². The molecule has 0 atom stereocenters. The molecule has 0 unspecified atom stereocenters. The summed E-state index contributed by atoms with van der Waals surface area (Å²) in [5.41, 5.74) is 3.47. The van der Waals surface area contributed by atoms with Gasteiger partial charge in [0.1, 0.15) is 0 Å². The zero-order valence-corrected chi connectivity index (χ0v) is 22.2. The van der Waals surface area contributed by atoms with Crippen molar-refractivity contribution in [2.75, 3.05) is 65.5 Å². The van der Waals surface area contributed by atoms with Crippen LogP contribution < -0.4 is 19.1 Å². The Morgan fingerprint density at radius 1 is 0.882 bits per heavy atom. The summed E-state index contributed by atoms with van der Waals surface area (Å²) in [6, 6.07) is 3.98. The average Bonchev–Trinajstić information content (AvgIpc) is 2.84. The third-order valence-electron chi connectivity index (χ3n) is 6.37. The fourth-order valence-electron chi connectivity index (χ4n) is 4.67. The SMILES string of the molecule is CCCN1CCN(c2ncc3c(n2)CCN(Cc2ccc(OC)c(OC)c2OC)C3)CC1.Cl.Cl. The highest BCUT2D eigenvalue weighted by atomic mass is 35.5. The number of nitrogens with zero attached hydrogens (tertiary/aromatic N) is 5. The lowest BCUT2D eigenvalue weighted by Gasteiger charge is -2.35. The van der Waals surface area contributed by atoms with Gasteiger partial charge >= 0.3 is 0 Å². The van der Waals surface area contributed by atoms with Gasteiger partial charge in [-0.15, -0.1) is 24.8 Å². The lowest BCUT2D eigenvalue weighted by molar-refractivity contribution is 0.236. The van der Waals surface area contributed by atoms with Crippen LogP contribution in [0.3, 0.4) is 0 Å². The van der Waals surface area contributed by atoms with E-state index in [0.717, 1.165) is 69.5 Å². The normalized spacial score (nSPS) is 16.2. The maximum Gasteiger partial charge on any atom is 0.225 e. The Bertz CT molecular complexity index is 926. The number of rotatable bonds is 8. The van der Waals surface area contributed by atoms with Crippen molar-refractivity contribution < 1.29 is 14.2 Å². The van der Waals surface area contributed by atoms with Crippen LogP contribution in [0.1, 0.15) is 30.2 Å². The van der Waals surface area contributed by atoms with Crippen molar-refractivity contribution >= 4 is 30.8 Å². The van der Waals surface area contributed by atoms with Crippen molar-refractivity contribution in [1.82, 2.24) is 19.8 Å². The molecule has 1 fully saturated rings. The van der Waals surface area contributed by atoms with Crippen molar-refractivity contribution in [2.45, 2.75) is 32.9 Å². The van der Waals surface area contributed by atoms with Gasteiger partial charge < -0.3 is 19.1 Å². The van der Waals surface area contributed by atoms with Crippen LogP contribution in [0.15, 0.2) is 18.3 Å². The van der Waals surface area contributed by atoms with E-state index in [0.29, 0.717) is 11.5 Å². The molecule has 0 saturated carbocycles. The second-order valence-electron chi connectivity index (χ2n) is 8.42. The minimum Gasteiger partial charge on any atom is -0.493 e. The molecule has 0 bridgehead atoms. The molecule has 0 N–H and O–H groups in total. The summed E-state index contributed by atoms with van der Waals surface area (Å²) in [5.74, 6) is 2.92. The highest BCUT2D eigenvalue weighted by Crippen LogP contribution is 2.40. The Kier molecular flexibility index (Phi) is 11.0. The number of ether oxygens (including phenoxy) is 3. The van der Waals surface area contributed by atoms with Gasteiger partial charge in [-0.05, 0) is 19.0 Å². The molecule has 34 heavy (non-hydrogen) atoms. The van der Waals surface area contributed by atoms with Crippen LogP contribution >= 0.6 is 24.8 Å². The topological polar surface area (TPSA) is 63.2 Å². The van der Waals surface area contributed by atoms with Gasteiger partial charge in [-0.2, -0.15) is 0 Å². The molecule has 1 aromatic carbocycles. The fourth-order valence-corrected chi connectivity index (χ4v) is 4.67. The summed E-state index contributed by atoms with van der Waals surface area (Å²) >= 11 is 0. The molecular formula is C24H37Cl2N5O3. The number of aromatic nitrogens is 2. The van der Waals surface area contributed by atoms with E-state index in [9.17, 15) is 0 Å². The first-order valence-electron chi connectivity index (χ1n) is 11.5. The summed E-state index contributed by atoms with van der Waals surface area (Å²) in [7, 11) is 4.95. The first-order chi connectivity index (χ1) is 15.7. The van der Waals surface area contributed by atoms with Gasteiger partial charge in [-0.25, -0.2) is 9.97 Å². The van der Waals surface area contributed by atoms with Crippen molar-refractivity contribution in [3.63, 3.8) is 0 Å². The van der Waals surface area contributed by atoms with Gasteiger partial charge in [0.15, 0.2) is 11.5 Å². The van der Waals surface area contributed by atoms with Gasteiger partial charge in [-0.1, -0.05) is 13.0 Å². The average molecular weight is 514 g/mol. The van der Waals surface area contributed by atoms with Crippen LogP contribution in [0.4, 0.5) is 5.95 Å². The van der Waals surface area contributed by atoms with Crippen LogP contribution in [0.25, 0.3) is 0 Å². The van der Waals surface area contributed by atoms with Crippen LogP contribution in [0, 0.1) is 0 Å². The molecule has 1 saturated heterocycles. The molecule has 0 radical (unpaired) electrons. The predicted octanol–water partition coefficient (Wildman–Crippen LogP) is 3.44. The van der Waals surface area contributed by atoms with Gasteiger partial charge in [0.25, 0.3) is 0 Å². The number of benzene rings is 1. The lowest BCUT2D eigenvalue weighted by atomic mass is 10.1. The summed E-state index contributed by atoms with van der Waals surface area (Å²) in [6.07, 6.45) is 4.16. The van der Waals surface area contributed by atoms with Crippen LogP contribution in [-0.2, 0) is 19.5 Å². The van der Waals surface area contributed by atoms with E-state index < -0.39 is 0 Å². The highest BCUT2D eigenvalue weighted by Gasteiger charge is 2.24. The number of fused-ring (bicyclic) bond motifs is 1. The summed E-state index contributed by atoms with van der Waals surface area (Å²) < 4.78 is 16.6. The maximum absolute atomic E-state index is 5.66. The van der Waals surface area contributed by atoms with Gasteiger partial charge in [0.2, 0.25) is 11.7 Å². The van der Waals surface area contributed by atoms with Gasteiger partial charge in [0, 0.05) is 69.6 Å². The summed E-state index contributed by atoms with van der Waals surface area (Å²) in [5, 5.41) is 0. The monoisotopic (exact) mass is 513 g/mol. The first-order valence-corrected chi connectivity index (χ1v) is 11.5. The number of hydrogen-bond acceptors (Lipinski definition) is 8. The van der Waals surface area contributed by atoms with Crippen molar-refractivity contribution in [2.24, 2.45) is 0 Å². The van der Waals surface area contributed by atoms with Crippen molar-refractivity contribution in [1.29, 1.82) is 0 Å². The standard InChI is InChI=1S/C24H35N5O3.2ClH/c1-5-9-27-11-13-29(14-12-27)24-25-15-19-17-28(10-8-20(19)26-24)16-18-6-7-21(30-2)23(32-4)22(18)31-3;;/h6-7,15H,5,8-14,16-17H2,1-4H3;2*1H. The van der Waals surface area contributed by atoms with E-state index >= 15 is 0 Å². The van der Waals surface area contributed by atoms with Crippen LogP contribution in [0.2, 0.25) is 0 Å². The first kappa shape index (κ1) is 28.2. The molecule has 0 amide bonds. The number of hydrogen-bond donors (Lipinski definition) is 0. The number of methoxy groups -OCH3 is 3. The molecular weight excluding hydrogens is 477 g/mol. The van der Waals surface area contributed by atoms with E-state index in [4.69, 9.17) is 24.2 Å². The largest absolute Gasteiger partial charge is 0.493 e. The molecule has 2 aromatic rings. The molecule has 4 rings (SSSR count). The van der Waals surface area contributed by atoms with E-state index in [2.05, 4.69) is 21.6 Å². The molecule has 8 nitrogen and oxygen atoms in total. The highest BCUT2D eigenvalue weighted by molar-refractivity contribution is 5.85. The van der Waals surface area contributed by atoms with E-state index in [-0.39, 0.29) is 24.8 Å². The lowest BCUT2D eigenvalue weighted by Crippen LogP contribution is -2.47. The quantitative estimate of drug-likeness (QED) is 0.531. The van der Waals surface area contributed by atoms with Gasteiger partial charge in [0.05, 0.1) is 27.0 Å². The maximum atomic E-state index is 5.66. The minimum absolute atomic E-state index is 0. The Labute approximate surface area is 215 Å². The fraction of sp³-hybridized carbons (Fsp3) is 0.583. The summed E-state index contributed by atoms with van der Waals surface area (Å²) in [6.45, 7) is 10.2. The Morgan fingerprint density at radius 3 is 2.26 bits per heavy atom. The van der Waals surface area contributed by atoms with Crippen LogP contribution in [-0.4, -0.2) is 80.4 Å². The van der Waals surface area contributed by atoms with E-state index in [1.807, 2.05) is 18.3 Å². The van der Waals surface area contributed by atoms with Crippen LogP contribution in [0.5, 0.6) is 17.2 Å². The van der Waals surface area contributed by atoms with Gasteiger partial charge in [-0.3, -0.25) is 9.80 Å². The molecule has 3 heterocycles. The zero-order chi connectivity index (χ0) is 22.5. The molecule has 2 aliphatic rings. The molecule has 0 spiro atoms. The second kappa shape index (κ2) is 13.2. The number of piperazine rings is 1. The molecule has 1 aromatic heterocycles. The Morgan fingerprint density at radius 2 is 1.62 bits per heavy atom. The Balaban J connectivity index is 0.00000204. The molecule has 0 aliphatic carbocycles. The number of halogens is 2. The van der Waals surface area contributed by atoms with Crippen molar-refractivity contribution in [3.05, 3.63) is 35.2 Å². The third kappa shape index (κ3) is 6.16. The molecule has 2 aliphatic heterocycles.